The van der Waals surface area contributed by atoms with E-state index in [0.717, 1.165) is 17.7 Å². The number of benzene rings is 1. The average molecular weight is 324 g/mol. The fourth-order valence-electron chi connectivity index (χ4n) is 1.43. The Morgan fingerprint density at radius 3 is 2.17 bits per heavy atom. The molecule has 1 nitrogen and oxygen atoms in total. The number of nitrogens with two attached hydrogens (primary N) is 1. The minimum Gasteiger partial charge on any atom is -0.327 e. The minimum absolute atomic E-state index is 0.0812. The summed E-state index contributed by atoms with van der Waals surface area (Å²) in [7, 11) is 0. The summed E-state index contributed by atoms with van der Waals surface area (Å²) in [4.78, 5) is 0. The maximum atomic E-state index is 12.5. The van der Waals surface area contributed by atoms with E-state index >= 15 is 0 Å². The van der Waals surface area contributed by atoms with Gasteiger partial charge in [-0.2, -0.15) is 13.2 Å². The van der Waals surface area contributed by atoms with Gasteiger partial charge in [-0.05, 0) is 29.5 Å². The summed E-state index contributed by atoms with van der Waals surface area (Å²) in [6.07, 6.45) is -3.77. The molecule has 1 rings (SSSR count). The van der Waals surface area contributed by atoms with Crippen LogP contribution in [0, 0.1) is 5.41 Å². The minimum atomic E-state index is -4.31. The van der Waals surface area contributed by atoms with E-state index in [-0.39, 0.29) is 11.5 Å². The van der Waals surface area contributed by atoms with Gasteiger partial charge in [0.1, 0.15) is 0 Å². The molecule has 0 fully saturated rings. The molecular weight excluding hydrogens is 307 g/mol. The number of hydrogen-bond donors (Lipinski definition) is 1. The topological polar surface area (TPSA) is 26.0 Å². The number of hydrogen-bond acceptors (Lipinski definition) is 1. The Morgan fingerprint density at radius 1 is 1.22 bits per heavy atom. The first-order chi connectivity index (χ1) is 8.01. The molecular formula is C13H17BrF3N. The van der Waals surface area contributed by atoms with E-state index in [2.05, 4.69) is 15.9 Å². The number of halogens is 4. The zero-order valence-electron chi connectivity index (χ0n) is 10.6. The van der Waals surface area contributed by atoms with E-state index in [0.29, 0.717) is 10.9 Å². The molecule has 0 aromatic heterocycles. The normalized spacial score (nSPS) is 14.7. The Bertz CT molecular complexity index is 421. The first-order valence-corrected chi connectivity index (χ1v) is 6.42. The maximum absolute atomic E-state index is 12.5. The molecule has 0 heterocycles. The molecule has 1 aromatic carbocycles. The van der Waals surface area contributed by atoms with Crippen LogP contribution in [0.5, 0.6) is 0 Å². The molecule has 0 saturated carbocycles. The first-order valence-electron chi connectivity index (χ1n) is 5.63. The highest BCUT2D eigenvalue weighted by molar-refractivity contribution is 9.10. The zero-order chi connectivity index (χ0) is 14.1. The Morgan fingerprint density at radius 2 is 1.78 bits per heavy atom. The monoisotopic (exact) mass is 323 g/mol. The SMILES string of the molecule is CC(C)(C)C(N)Cc1ccc(C(F)(F)F)cc1Br. The molecule has 0 spiro atoms. The molecule has 18 heavy (non-hydrogen) atoms. The smallest absolute Gasteiger partial charge is 0.327 e. The summed E-state index contributed by atoms with van der Waals surface area (Å²) < 4.78 is 38.0. The fraction of sp³-hybridized carbons (Fsp3) is 0.538. The van der Waals surface area contributed by atoms with Gasteiger partial charge in [0.25, 0.3) is 0 Å². The van der Waals surface area contributed by atoms with Gasteiger partial charge in [-0.1, -0.05) is 42.8 Å². The predicted octanol–water partition coefficient (Wildman–Crippen LogP) is 4.38. The van der Waals surface area contributed by atoms with Gasteiger partial charge in [-0.3, -0.25) is 0 Å². The van der Waals surface area contributed by atoms with E-state index in [9.17, 15) is 13.2 Å². The van der Waals surface area contributed by atoms with Crippen LogP contribution in [-0.4, -0.2) is 6.04 Å². The Labute approximate surface area is 114 Å². The van der Waals surface area contributed by atoms with Crippen molar-refractivity contribution in [3.8, 4) is 0 Å². The third-order valence-corrected chi connectivity index (χ3v) is 3.67. The second kappa shape index (κ2) is 5.21. The van der Waals surface area contributed by atoms with Gasteiger partial charge in [0, 0.05) is 10.5 Å². The largest absolute Gasteiger partial charge is 0.416 e. The van der Waals surface area contributed by atoms with Crippen LogP contribution in [0.1, 0.15) is 31.9 Å². The molecule has 0 bridgehead atoms. The van der Waals surface area contributed by atoms with Crippen molar-refractivity contribution in [2.75, 3.05) is 0 Å². The molecule has 0 aliphatic rings. The van der Waals surface area contributed by atoms with Crippen LogP contribution in [0.15, 0.2) is 22.7 Å². The van der Waals surface area contributed by atoms with Crippen molar-refractivity contribution >= 4 is 15.9 Å². The molecule has 0 saturated heterocycles. The zero-order valence-corrected chi connectivity index (χ0v) is 12.2. The molecule has 102 valence electrons. The fourth-order valence-corrected chi connectivity index (χ4v) is 1.97. The van der Waals surface area contributed by atoms with Crippen LogP contribution in [-0.2, 0) is 12.6 Å². The van der Waals surface area contributed by atoms with Crippen LogP contribution in [0.4, 0.5) is 13.2 Å². The van der Waals surface area contributed by atoms with Gasteiger partial charge < -0.3 is 5.73 Å². The van der Waals surface area contributed by atoms with Crippen molar-refractivity contribution in [1.29, 1.82) is 0 Å². The van der Waals surface area contributed by atoms with Crippen LogP contribution in [0.3, 0.4) is 0 Å². The van der Waals surface area contributed by atoms with E-state index in [4.69, 9.17) is 5.73 Å². The summed E-state index contributed by atoms with van der Waals surface area (Å²) in [6.45, 7) is 6.03. The van der Waals surface area contributed by atoms with E-state index in [1.165, 1.54) is 6.07 Å². The van der Waals surface area contributed by atoms with Gasteiger partial charge in [0.15, 0.2) is 0 Å². The quantitative estimate of drug-likeness (QED) is 0.858. The second-order valence-electron chi connectivity index (χ2n) is 5.48. The lowest BCUT2D eigenvalue weighted by Crippen LogP contribution is -2.37. The number of alkyl halides is 3. The van der Waals surface area contributed by atoms with Gasteiger partial charge in [0.05, 0.1) is 5.56 Å². The van der Waals surface area contributed by atoms with Crippen molar-refractivity contribution in [3.05, 3.63) is 33.8 Å². The molecule has 1 aromatic rings. The molecule has 1 atom stereocenters. The van der Waals surface area contributed by atoms with E-state index < -0.39 is 11.7 Å². The van der Waals surface area contributed by atoms with Crippen molar-refractivity contribution in [1.82, 2.24) is 0 Å². The van der Waals surface area contributed by atoms with Crippen LogP contribution >= 0.6 is 15.9 Å². The lowest BCUT2D eigenvalue weighted by Gasteiger charge is -2.27. The van der Waals surface area contributed by atoms with E-state index in [1.54, 1.807) is 0 Å². The van der Waals surface area contributed by atoms with Crippen molar-refractivity contribution < 1.29 is 13.2 Å². The lowest BCUT2D eigenvalue weighted by molar-refractivity contribution is -0.137. The van der Waals surface area contributed by atoms with Crippen molar-refractivity contribution in [3.63, 3.8) is 0 Å². The standard InChI is InChI=1S/C13H17BrF3N/c1-12(2,3)11(18)6-8-4-5-9(7-10(8)14)13(15,16)17/h4-5,7,11H,6,18H2,1-3H3. The van der Waals surface area contributed by atoms with Gasteiger partial charge >= 0.3 is 6.18 Å². The highest BCUT2D eigenvalue weighted by Gasteiger charge is 2.31. The maximum Gasteiger partial charge on any atom is 0.416 e. The van der Waals surface area contributed by atoms with E-state index in [1.807, 2.05) is 20.8 Å². The Kier molecular flexibility index (Phi) is 4.49. The molecule has 5 heteroatoms. The summed E-state index contributed by atoms with van der Waals surface area (Å²) in [5, 5.41) is 0. The molecule has 0 amide bonds. The summed E-state index contributed by atoms with van der Waals surface area (Å²) in [5.41, 5.74) is 6.10. The Hall–Kier alpha value is -0.550. The second-order valence-corrected chi connectivity index (χ2v) is 6.33. The number of rotatable bonds is 2. The lowest BCUT2D eigenvalue weighted by atomic mass is 9.83. The highest BCUT2D eigenvalue weighted by atomic mass is 79.9. The van der Waals surface area contributed by atoms with Crippen molar-refractivity contribution in [2.24, 2.45) is 11.1 Å². The van der Waals surface area contributed by atoms with Gasteiger partial charge in [0.2, 0.25) is 0 Å². The van der Waals surface area contributed by atoms with Gasteiger partial charge in [-0.25, -0.2) is 0 Å². The van der Waals surface area contributed by atoms with Crippen LogP contribution in [0.25, 0.3) is 0 Å². The molecule has 0 aliphatic heterocycles. The highest BCUT2D eigenvalue weighted by Crippen LogP contribution is 2.33. The van der Waals surface area contributed by atoms with Crippen molar-refractivity contribution in [2.45, 2.75) is 39.4 Å². The summed E-state index contributed by atoms with van der Waals surface area (Å²) >= 11 is 3.18. The average Bonchev–Trinajstić information content (AvgIpc) is 2.17. The Balaban J connectivity index is 2.94. The summed E-state index contributed by atoms with van der Waals surface area (Å²) in [6, 6.07) is 3.57. The molecule has 1 unspecified atom stereocenters. The first kappa shape index (κ1) is 15.5. The molecule has 2 N–H and O–H groups in total. The van der Waals surface area contributed by atoms with Crippen LogP contribution in [0.2, 0.25) is 0 Å². The predicted molar refractivity (Wildman–Crippen MR) is 70.3 cm³/mol. The van der Waals surface area contributed by atoms with Gasteiger partial charge in [-0.15, -0.1) is 0 Å². The van der Waals surface area contributed by atoms with Crippen LogP contribution < -0.4 is 5.73 Å². The third-order valence-electron chi connectivity index (χ3n) is 2.93. The summed E-state index contributed by atoms with van der Waals surface area (Å²) in [5.74, 6) is 0. The molecule has 0 radical (unpaired) electrons. The third kappa shape index (κ3) is 3.99. The molecule has 0 aliphatic carbocycles.